The molecule has 0 fully saturated rings. The van der Waals surface area contributed by atoms with Crippen LogP contribution in [0, 0.1) is 0 Å². The minimum absolute atomic E-state index is 0.105. The van der Waals surface area contributed by atoms with Crippen LogP contribution in [-0.4, -0.2) is 10.5 Å². The maximum absolute atomic E-state index is 5.49. The van der Waals surface area contributed by atoms with E-state index >= 15 is 0 Å². The van der Waals surface area contributed by atoms with Crippen molar-refractivity contribution in [3.8, 4) is 0 Å². The molecule has 0 spiro atoms. The molecule has 0 saturated heterocycles. The van der Waals surface area contributed by atoms with Crippen LogP contribution in [0.2, 0.25) is 0 Å². The second kappa shape index (κ2) is 5.80. The maximum atomic E-state index is 5.49. The quantitative estimate of drug-likeness (QED) is 0.718. The van der Waals surface area contributed by atoms with Crippen molar-refractivity contribution in [2.45, 2.75) is 71.8 Å². The molecular formula is C17H27OSi. The summed E-state index contributed by atoms with van der Waals surface area (Å²) in [6, 6.07) is 6.60. The van der Waals surface area contributed by atoms with Crippen molar-refractivity contribution in [2.24, 2.45) is 0 Å². The molecule has 0 aliphatic carbocycles. The van der Waals surface area contributed by atoms with Crippen molar-refractivity contribution in [3.05, 3.63) is 34.9 Å². The topological polar surface area (TPSA) is 9.23 Å². The van der Waals surface area contributed by atoms with E-state index in [0.717, 1.165) is 6.42 Å². The Balaban J connectivity index is 3.57. The molecule has 0 N–H and O–H groups in total. The first-order valence-electron chi connectivity index (χ1n) is 7.09. The fourth-order valence-electron chi connectivity index (χ4n) is 2.67. The van der Waals surface area contributed by atoms with Gasteiger partial charge in [-0.1, -0.05) is 66.7 Å². The van der Waals surface area contributed by atoms with E-state index in [1.165, 1.54) is 16.7 Å². The fraction of sp³-hybridized carbons (Fsp3) is 0.647. The smallest absolute Gasteiger partial charge is 0.247 e. The van der Waals surface area contributed by atoms with Crippen molar-refractivity contribution in [1.29, 1.82) is 0 Å². The first-order chi connectivity index (χ1) is 8.62. The summed E-state index contributed by atoms with van der Waals surface area (Å²) in [4.78, 5) is 0. The predicted octanol–water partition coefficient (Wildman–Crippen LogP) is 4.83. The van der Waals surface area contributed by atoms with Gasteiger partial charge in [-0.2, -0.15) is 0 Å². The molecule has 0 aliphatic rings. The van der Waals surface area contributed by atoms with Gasteiger partial charge in [0, 0.05) is 0 Å². The van der Waals surface area contributed by atoms with Crippen LogP contribution in [0.1, 0.15) is 77.7 Å². The molecule has 0 aromatic heterocycles. The summed E-state index contributed by atoms with van der Waals surface area (Å²) in [5.74, 6) is 0. The van der Waals surface area contributed by atoms with Crippen molar-refractivity contribution in [2.75, 3.05) is 0 Å². The Morgan fingerprint density at radius 2 is 1.63 bits per heavy atom. The molecule has 0 amide bonds. The maximum Gasteiger partial charge on any atom is 0.247 e. The van der Waals surface area contributed by atoms with Crippen LogP contribution in [0.5, 0.6) is 0 Å². The van der Waals surface area contributed by atoms with Gasteiger partial charge in [0.25, 0.3) is 0 Å². The predicted molar refractivity (Wildman–Crippen MR) is 83.7 cm³/mol. The normalized spacial score (nSPS) is 14.5. The summed E-state index contributed by atoms with van der Waals surface area (Å²) in [7, 11) is 3.24. The van der Waals surface area contributed by atoms with E-state index in [4.69, 9.17) is 4.43 Å². The third-order valence-corrected chi connectivity index (χ3v) is 3.80. The molecular weight excluding hydrogens is 248 g/mol. The average molecular weight is 275 g/mol. The molecule has 3 radical (unpaired) electrons. The molecule has 1 unspecified atom stereocenters. The van der Waals surface area contributed by atoms with E-state index in [9.17, 15) is 0 Å². The van der Waals surface area contributed by atoms with Gasteiger partial charge in [-0.3, -0.25) is 0 Å². The van der Waals surface area contributed by atoms with Gasteiger partial charge in [-0.25, -0.2) is 0 Å². The summed E-state index contributed by atoms with van der Waals surface area (Å²) < 4.78 is 5.49. The van der Waals surface area contributed by atoms with E-state index in [0.29, 0.717) is 0 Å². The molecule has 1 nitrogen and oxygen atoms in total. The summed E-state index contributed by atoms with van der Waals surface area (Å²) in [5.41, 5.74) is 4.39. The highest BCUT2D eigenvalue weighted by atomic mass is 28.2. The lowest BCUT2D eigenvalue weighted by Gasteiger charge is -2.34. The largest absolute Gasteiger partial charge is 0.412 e. The van der Waals surface area contributed by atoms with Gasteiger partial charge in [0.15, 0.2) is 0 Å². The number of benzene rings is 1. The van der Waals surface area contributed by atoms with Crippen LogP contribution in [0.15, 0.2) is 18.2 Å². The van der Waals surface area contributed by atoms with Gasteiger partial charge in [0.2, 0.25) is 10.5 Å². The minimum atomic E-state index is 0.105. The second-order valence-corrected chi connectivity index (χ2v) is 7.52. The SMILES string of the molecule is CCC(O[Si])c1cccc(C(C)(C)C)c1C(C)(C)C. The van der Waals surface area contributed by atoms with Crippen molar-refractivity contribution < 1.29 is 4.43 Å². The zero-order valence-electron chi connectivity index (χ0n) is 13.4. The average Bonchev–Trinajstić information content (AvgIpc) is 2.28. The number of hydrogen-bond acceptors (Lipinski definition) is 1. The zero-order chi connectivity index (χ0) is 14.8. The monoisotopic (exact) mass is 275 g/mol. The third kappa shape index (κ3) is 3.70. The molecule has 1 aromatic carbocycles. The van der Waals surface area contributed by atoms with E-state index < -0.39 is 0 Å². The van der Waals surface area contributed by atoms with Crippen LogP contribution < -0.4 is 0 Å². The van der Waals surface area contributed by atoms with E-state index in [-0.39, 0.29) is 16.9 Å². The molecule has 1 rings (SSSR count). The number of rotatable bonds is 3. The van der Waals surface area contributed by atoms with Crippen LogP contribution in [0.3, 0.4) is 0 Å². The lowest BCUT2D eigenvalue weighted by Crippen LogP contribution is -2.25. The molecule has 0 bridgehead atoms. The highest BCUT2D eigenvalue weighted by Crippen LogP contribution is 2.39. The molecule has 105 valence electrons. The molecule has 0 saturated carbocycles. The lowest BCUT2D eigenvalue weighted by molar-refractivity contribution is 0.218. The third-order valence-electron chi connectivity index (χ3n) is 3.51. The highest BCUT2D eigenvalue weighted by molar-refractivity contribution is 5.98. The molecule has 1 aromatic rings. The number of hydrogen-bond donors (Lipinski definition) is 0. The van der Waals surface area contributed by atoms with Gasteiger partial charge in [-0.05, 0) is 33.9 Å². The Labute approximate surface area is 122 Å². The molecule has 0 heterocycles. The van der Waals surface area contributed by atoms with E-state index in [2.05, 4.69) is 77.2 Å². The lowest BCUT2D eigenvalue weighted by atomic mass is 9.72. The van der Waals surface area contributed by atoms with Crippen LogP contribution >= 0.6 is 0 Å². The minimum Gasteiger partial charge on any atom is -0.412 e. The van der Waals surface area contributed by atoms with Crippen molar-refractivity contribution in [1.82, 2.24) is 0 Å². The Hall–Kier alpha value is -0.603. The highest BCUT2D eigenvalue weighted by Gasteiger charge is 2.29. The second-order valence-electron chi connectivity index (χ2n) is 7.28. The van der Waals surface area contributed by atoms with E-state index in [1.807, 2.05) is 0 Å². The van der Waals surface area contributed by atoms with Gasteiger partial charge in [-0.15, -0.1) is 0 Å². The Morgan fingerprint density at radius 1 is 1.05 bits per heavy atom. The first kappa shape index (κ1) is 16.5. The van der Waals surface area contributed by atoms with E-state index in [1.54, 1.807) is 0 Å². The summed E-state index contributed by atoms with van der Waals surface area (Å²) >= 11 is 0. The van der Waals surface area contributed by atoms with Gasteiger partial charge >= 0.3 is 0 Å². The standard InChI is InChI=1S/C17H27OSi/c1-8-14(18-19)12-10-9-11-13(16(2,3)4)15(12)17(5,6)7/h9-11,14H,8H2,1-7H3. The van der Waals surface area contributed by atoms with Gasteiger partial charge in [0.05, 0.1) is 6.10 Å². The van der Waals surface area contributed by atoms with Crippen LogP contribution in [-0.2, 0) is 15.3 Å². The molecule has 1 atom stereocenters. The first-order valence-corrected chi connectivity index (χ1v) is 7.50. The van der Waals surface area contributed by atoms with Crippen LogP contribution in [0.25, 0.3) is 0 Å². The Bertz CT molecular complexity index is 420. The summed E-state index contributed by atoms with van der Waals surface area (Å²) in [5, 5.41) is 0. The summed E-state index contributed by atoms with van der Waals surface area (Å²) in [6.45, 7) is 15.8. The van der Waals surface area contributed by atoms with Gasteiger partial charge < -0.3 is 4.43 Å². The Kier molecular flexibility index (Phi) is 5.02. The molecule has 0 aliphatic heterocycles. The van der Waals surface area contributed by atoms with Crippen molar-refractivity contribution >= 4 is 10.5 Å². The molecule has 2 heteroatoms. The zero-order valence-corrected chi connectivity index (χ0v) is 14.4. The Morgan fingerprint density at radius 3 is 2.00 bits per heavy atom. The molecule has 19 heavy (non-hydrogen) atoms. The van der Waals surface area contributed by atoms with Gasteiger partial charge in [0.1, 0.15) is 0 Å². The van der Waals surface area contributed by atoms with Crippen LogP contribution in [0.4, 0.5) is 0 Å². The van der Waals surface area contributed by atoms with Crippen molar-refractivity contribution in [3.63, 3.8) is 0 Å². The summed E-state index contributed by atoms with van der Waals surface area (Å²) in [6.07, 6.45) is 1.06. The fourth-order valence-corrected chi connectivity index (χ4v) is 2.96.